The molecule has 1 fully saturated rings. The number of carbonyl (C=O) groups is 1. The van der Waals surface area contributed by atoms with E-state index in [0.717, 1.165) is 12.5 Å². The third-order valence-corrected chi connectivity index (χ3v) is 6.99. The molecular formula is C23H23F3N6OS. The highest BCUT2D eigenvalue weighted by atomic mass is 32.2. The number of para-hydroxylation sites is 1. The Hall–Kier alpha value is -3.18. The number of halogens is 3. The molecule has 0 bridgehead atoms. The van der Waals surface area contributed by atoms with E-state index in [1.165, 1.54) is 41.1 Å². The van der Waals surface area contributed by atoms with E-state index in [4.69, 9.17) is 0 Å². The van der Waals surface area contributed by atoms with Gasteiger partial charge >= 0.3 is 6.18 Å². The number of aryl methyl sites for hydroxylation is 1. The summed E-state index contributed by atoms with van der Waals surface area (Å²) in [6.07, 6.45) is 0.0420. The quantitative estimate of drug-likeness (QED) is 0.605. The van der Waals surface area contributed by atoms with Crippen molar-refractivity contribution in [2.24, 2.45) is 5.10 Å². The predicted octanol–water partition coefficient (Wildman–Crippen LogP) is 3.99. The molecule has 0 spiro atoms. The summed E-state index contributed by atoms with van der Waals surface area (Å²) in [4.78, 5) is 14.3. The molecular weight excluding hydrogens is 465 g/mol. The molecule has 0 aromatic heterocycles. The lowest BCUT2D eigenvalue weighted by Gasteiger charge is -2.36. The minimum atomic E-state index is -4.54. The Labute approximate surface area is 199 Å². The first-order valence-corrected chi connectivity index (χ1v) is 11.8. The Bertz CT molecular complexity index is 1140. The number of fused-ring (bicyclic) bond motifs is 3. The van der Waals surface area contributed by atoms with Gasteiger partial charge in [0.1, 0.15) is 6.17 Å². The lowest BCUT2D eigenvalue weighted by Crippen LogP contribution is -2.54. The van der Waals surface area contributed by atoms with Crippen LogP contribution in [0.5, 0.6) is 0 Å². The second kappa shape index (κ2) is 8.88. The number of carbonyl (C=O) groups excluding carboxylic acids is 1. The van der Waals surface area contributed by atoms with E-state index in [0.29, 0.717) is 5.17 Å². The van der Waals surface area contributed by atoms with Gasteiger partial charge in [0.2, 0.25) is 5.91 Å². The second-order valence-electron chi connectivity index (χ2n) is 8.36. The number of alkyl halides is 3. The molecule has 0 aliphatic carbocycles. The number of amidine groups is 1. The smallest absolute Gasteiger partial charge is 0.325 e. The summed E-state index contributed by atoms with van der Waals surface area (Å²) in [5.74, 6) is -0.597. The molecule has 11 heteroatoms. The Morgan fingerprint density at radius 3 is 2.71 bits per heavy atom. The number of nitrogens with zero attached hydrogens (tertiary/aromatic N) is 3. The Kier molecular flexibility index (Phi) is 5.90. The number of benzene rings is 2. The molecule has 1 amide bonds. The van der Waals surface area contributed by atoms with E-state index in [1.54, 1.807) is 0 Å². The highest BCUT2D eigenvalue weighted by Gasteiger charge is 2.44. The summed E-state index contributed by atoms with van der Waals surface area (Å²) in [6.45, 7) is 2.06. The number of hydrazine groups is 1. The maximum absolute atomic E-state index is 13.2. The monoisotopic (exact) mass is 488 g/mol. The molecule has 1 saturated heterocycles. The van der Waals surface area contributed by atoms with Crippen LogP contribution in [0.25, 0.3) is 0 Å². The van der Waals surface area contributed by atoms with Gasteiger partial charge in [-0.1, -0.05) is 53.7 Å². The largest absolute Gasteiger partial charge is 0.418 e. The Morgan fingerprint density at radius 2 is 1.94 bits per heavy atom. The molecule has 178 valence electrons. The fraction of sp³-hybridized carbons (Fsp3) is 0.304. The van der Waals surface area contributed by atoms with Gasteiger partial charge in [0, 0.05) is 12.4 Å². The van der Waals surface area contributed by atoms with E-state index >= 15 is 0 Å². The van der Waals surface area contributed by atoms with Crippen molar-refractivity contribution in [3.8, 4) is 0 Å². The predicted molar refractivity (Wildman–Crippen MR) is 125 cm³/mol. The zero-order valence-corrected chi connectivity index (χ0v) is 19.0. The zero-order valence-electron chi connectivity index (χ0n) is 18.2. The maximum atomic E-state index is 13.2. The van der Waals surface area contributed by atoms with Gasteiger partial charge in [0.25, 0.3) is 0 Å². The van der Waals surface area contributed by atoms with Crippen LogP contribution in [0.3, 0.4) is 0 Å². The summed E-state index contributed by atoms with van der Waals surface area (Å²) in [6, 6.07) is 13.7. The van der Waals surface area contributed by atoms with E-state index in [-0.39, 0.29) is 29.7 Å². The van der Waals surface area contributed by atoms with Crippen molar-refractivity contribution in [1.29, 1.82) is 0 Å². The van der Waals surface area contributed by atoms with Crippen molar-refractivity contribution < 1.29 is 18.0 Å². The first-order chi connectivity index (χ1) is 16.3. The van der Waals surface area contributed by atoms with Crippen LogP contribution in [0.2, 0.25) is 0 Å². The van der Waals surface area contributed by atoms with Crippen LogP contribution in [0.15, 0.2) is 66.0 Å². The number of thioether (sulfide) groups is 1. The van der Waals surface area contributed by atoms with Crippen LogP contribution in [0.4, 0.5) is 18.9 Å². The summed E-state index contributed by atoms with van der Waals surface area (Å²) in [7, 11) is 0. The fourth-order valence-corrected chi connectivity index (χ4v) is 5.09. The van der Waals surface area contributed by atoms with Crippen molar-refractivity contribution in [2.45, 2.75) is 37.8 Å². The van der Waals surface area contributed by atoms with Crippen molar-refractivity contribution in [1.82, 2.24) is 20.8 Å². The van der Waals surface area contributed by atoms with Gasteiger partial charge in [-0.25, -0.2) is 5.43 Å². The van der Waals surface area contributed by atoms with Crippen LogP contribution in [0, 0.1) is 6.92 Å². The average Bonchev–Trinajstić information content (AvgIpc) is 3.42. The van der Waals surface area contributed by atoms with Crippen molar-refractivity contribution in [3.63, 3.8) is 0 Å². The molecule has 2 aromatic rings. The van der Waals surface area contributed by atoms with Gasteiger partial charge in [-0.3, -0.25) is 10.2 Å². The van der Waals surface area contributed by atoms with Gasteiger partial charge in [-0.15, -0.1) is 0 Å². The standard InChI is InChI=1S/C23H23F3N6OS/c1-14-6-8-15(9-7-14)18-12-19-21-28-29-22(31(21)10-11-32(19)30-18)34-13-20(33)27-17-5-3-2-4-16(17)23(24,25)26/h2-11,18-19,21,28,30H,12-13H2,1H3,(H,27,33). The van der Waals surface area contributed by atoms with E-state index in [9.17, 15) is 18.0 Å². The molecule has 5 rings (SSSR count). The minimum absolute atomic E-state index is 0.0671. The van der Waals surface area contributed by atoms with Crippen molar-refractivity contribution >= 4 is 28.5 Å². The van der Waals surface area contributed by atoms with Gasteiger partial charge in [0.05, 0.1) is 29.1 Å². The Morgan fingerprint density at radius 1 is 1.18 bits per heavy atom. The van der Waals surface area contributed by atoms with E-state index in [1.807, 2.05) is 17.3 Å². The van der Waals surface area contributed by atoms with E-state index < -0.39 is 17.6 Å². The number of hydrogen-bond acceptors (Lipinski definition) is 7. The lowest BCUT2D eigenvalue weighted by atomic mass is 9.99. The SMILES string of the molecule is Cc1ccc(C2CC3C4NN=C(SCC(=O)Nc5ccccc5C(F)(F)F)N4C=CN3N2)cc1. The molecule has 7 nitrogen and oxygen atoms in total. The summed E-state index contributed by atoms with van der Waals surface area (Å²) < 4.78 is 39.5. The molecule has 3 atom stereocenters. The molecule has 34 heavy (non-hydrogen) atoms. The maximum Gasteiger partial charge on any atom is 0.418 e. The minimum Gasteiger partial charge on any atom is -0.325 e. The van der Waals surface area contributed by atoms with Gasteiger partial charge < -0.3 is 15.2 Å². The van der Waals surface area contributed by atoms with Crippen molar-refractivity contribution in [2.75, 3.05) is 11.1 Å². The summed E-state index contributed by atoms with van der Waals surface area (Å²) >= 11 is 1.17. The second-order valence-corrected chi connectivity index (χ2v) is 9.30. The van der Waals surface area contributed by atoms with Crippen LogP contribution in [-0.4, -0.2) is 38.9 Å². The van der Waals surface area contributed by atoms with Crippen LogP contribution < -0.4 is 16.2 Å². The first kappa shape index (κ1) is 22.6. The average molecular weight is 489 g/mol. The molecule has 0 saturated carbocycles. The molecule has 3 heterocycles. The number of amides is 1. The van der Waals surface area contributed by atoms with Gasteiger partial charge in [-0.2, -0.15) is 18.3 Å². The highest BCUT2D eigenvalue weighted by Crippen LogP contribution is 2.36. The third kappa shape index (κ3) is 4.45. The van der Waals surface area contributed by atoms with Crippen molar-refractivity contribution in [3.05, 3.63) is 77.6 Å². The molecule has 0 radical (unpaired) electrons. The topological polar surface area (TPSA) is 72.0 Å². The number of nitrogens with one attached hydrogen (secondary N) is 3. The fourth-order valence-electron chi connectivity index (χ4n) is 4.32. The van der Waals surface area contributed by atoms with Gasteiger partial charge in [0.15, 0.2) is 5.17 Å². The number of hydrogen-bond donors (Lipinski definition) is 3. The zero-order chi connectivity index (χ0) is 23.9. The number of anilines is 1. The molecule has 3 aliphatic heterocycles. The van der Waals surface area contributed by atoms with Crippen LogP contribution >= 0.6 is 11.8 Å². The third-order valence-electron chi connectivity index (χ3n) is 6.02. The summed E-state index contributed by atoms with van der Waals surface area (Å²) in [5, 5.41) is 9.41. The number of hydrazone groups is 1. The molecule has 3 unspecified atom stereocenters. The Balaban J connectivity index is 1.19. The summed E-state index contributed by atoms with van der Waals surface area (Å²) in [5.41, 5.74) is 7.96. The number of rotatable bonds is 4. The van der Waals surface area contributed by atoms with Crippen LogP contribution in [0.1, 0.15) is 29.2 Å². The van der Waals surface area contributed by atoms with Gasteiger partial charge in [-0.05, 0) is 31.0 Å². The van der Waals surface area contributed by atoms with E-state index in [2.05, 4.69) is 57.5 Å². The highest BCUT2D eigenvalue weighted by molar-refractivity contribution is 8.14. The van der Waals surface area contributed by atoms with Crippen LogP contribution in [-0.2, 0) is 11.0 Å². The molecule has 2 aromatic carbocycles. The molecule has 3 N–H and O–H groups in total. The lowest BCUT2D eigenvalue weighted by molar-refractivity contribution is -0.137. The first-order valence-electron chi connectivity index (χ1n) is 10.8. The normalized spacial score (nSPS) is 23.3. The molecule has 3 aliphatic rings.